The third kappa shape index (κ3) is 2.92. The number of nitrogens with zero attached hydrogens (tertiary/aromatic N) is 1. The Morgan fingerprint density at radius 2 is 2.00 bits per heavy atom. The largest absolute Gasteiger partial charge is 0.497 e. The Labute approximate surface area is 113 Å². The molecule has 0 saturated carbocycles. The third-order valence-corrected chi connectivity index (χ3v) is 3.22. The summed E-state index contributed by atoms with van der Waals surface area (Å²) in [7, 11) is 1.66. The Bertz CT molecular complexity index is 552. The molecule has 1 heterocycles. The van der Waals surface area contributed by atoms with E-state index in [1.165, 1.54) is 0 Å². The predicted octanol–water partition coefficient (Wildman–Crippen LogP) is 2.26. The van der Waals surface area contributed by atoms with Crippen LogP contribution in [-0.4, -0.2) is 12.1 Å². The topological polar surface area (TPSA) is 60.2 Å². The molecule has 100 valence electrons. The highest BCUT2D eigenvalue weighted by Crippen LogP contribution is 2.26. The summed E-state index contributed by atoms with van der Waals surface area (Å²) in [6, 6.07) is 9.92. The Hall–Kier alpha value is -1.91. The molecule has 1 aromatic heterocycles. The summed E-state index contributed by atoms with van der Waals surface area (Å²) in [6.45, 7) is 4.01. The van der Waals surface area contributed by atoms with Crippen LogP contribution in [0, 0.1) is 13.8 Å². The van der Waals surface area contributed by atoms with Gasteiger partial charge in [-0.1, -0.05) is 12.1 Å². The van der Waals surface area contributed by atoms with Gasteiger partial charge in [0.05, 0.1) is 13.2 Å². The Morgan fingerprint density at radius 3 is 2.53 bits per heavy atom. The maximum atomic E-state index is 5.71. The van der Waals surface area contributed by atoms with Crippen LogP contribution in [-0.2, 0) is 0 Å². The molecule has 0 aliphatic rings. The fourth-order valence-electron chi connectivity index (χ4n) is 2.11. The Balaban J connectivity index is 2.39. The van der Waals surface area contributed by atoms with Crippen LogP contribution in [0.3, 0.4) is 0 Å². The van der Waals surface area contributed by atoms with Crippen molar-refractivity contribution in [2.45, 2.75) is 19.9 Å². The van der Waals surface area contributed by atoms with Gasteiger partial charge in [-0.05, 0) is 48.7 Å². The number of hydrogen-bond acceptors (Lipinski definition) is 4. The first-order chi connectivity index (χ1) is 9.15. The van der Waals surface area contributed by atoms with Gasteiger partial charge in [0, 0.05) is 11.9 Å². The van der Waals surface area contributed by atoms with Crippen molar-refractivity contribution in [3.05, 3.63) is 58.9 Å². The lowest BCUT2D eigenvalue weighted by Gasteiger charge is -2.19. The van der Waals surface area contributed by atoms with E-state index in [4.69, 9.17) is 10.6 Å². The second-order valence-electron chi connectivity index (χ2n) is 4.56. The molecule has 1 unspecified atom stereocenters. The quantitative estimate of drug-likeness (QED) is 0.651. The molecule has 1 aromatic carbocycles. The molecule has 0 spiro atoms. The average Bonchev–Trinajstić information content (AvgIpc) is 2.43. The molecule has 0 saturated heterocycles. The Morgan fingerprint density at radius 1 is 1.21 bits per heavy atom. The van der Waals surface area contributed by atoms with Crippen molar-refractivity contribution in [3.63, 3.8) is 0 Å². The molecular weight excluding hydrogens is 238 g/mol. The number of nitrogens with two attached hydrogens (primary N) is 1. The predicted molar refractivity (Wildman–Crippen MR) is 75.9 cm³/mol. The molecule has 0 amide bonds. The SMILES string of the molecule is COc1ccc(C(NN)c2ccc(C)nc2)c(C)c1. The van der Waals surface area contributed by atoms with Gasteiger partial charge in [-0.25, -0.2) is 5.43 Å². The number of hydrazine groups is 1. The van der Waals surface area contributed by atoms with Crippen LogP contribution in [0.4, 0.5) is 0 Å². The van der Waals surface area contributed by atoms with Crippen molar-refractivity contribution in [2.75, 3.05) is 7.11 Å². The highest BCUT2D eigenvalue weighted by atomic mass is 16.5. The highest BCUT2D eigenvalue weighted by Gasteiger charge is 2.15. The first-order valence-electron chi connectivity index (χ1n) is 6.19. The molecule has 2 rings (SSSR count). The van der Waals surface area contributed by atoms with Crippen LogP contribution in [0.5, 0.6) is 5.75 Å². The number of rotatable bonds is 4. The van der Waals surface area contributed by atoms with Crippen LogP contribution in [0.25, 0.3) is 0 Å². The number of methoxy groups -OCH3 is 1. The van der Waals surface area contributed by atoms with Gasteiger partial charge in [0.25, 0.3) is 0 Å². The second kappa shape index (κ2) is 5.82. The summed E-state index contributed by atoms with van der Waals surface area (Å²) in [5.74, 6) is 6.55. The summed E-state index contributed by atoms with van der Waals surface area (Å²) >= 11 is 0. The zero-order chi connectivity index (χ0) is 13.8. The first-order valence-corrected chi connectivity index (χ1v) is 6.19. The minimum Gasteiger partial charge on any atom is -0.497 e. The van der Waals surface area contributed by atoms with Crippen molar-refractivity contribution < 1.29 is 4.74 Å². The van der Waals surface area contributed by atoms with E-state index in [-0.39, 0.29) is 6.04 Å². The molecular formula is C15H19N3O. The van der Waals surface area contributed by atoms with E-state index in [2.05, 4.69) is 10.4 Å². The van der Waals surface area contributed by atoms with Gasteiger partial charge in [0.15, 0.2) is 0 Å². The molecule has 2 aromatic rings. The van der Waals surface area contributed by atoms with E-state index >= 15 is 0 Å². The van der Waals surface area contributed by atoms with Crippen LogP contribution in [0.15, 0.2) is 36.5 Å². The van der Waals surface area contributed by atoms with Gasteiger partial charge in [0.2, 0.25) is 0 Å². The molecule has 0 bridgehead atoms. The van der Waals surface area contributed by atoms with Gasteiger partial charge in [-0.2, -0.15) is 0 Å². The van der Waals surface area contributed by atoms with Gasteiger partial charge < -0.3 is 4.74 Å². The van der Waals surface area contributed by atoms with E-state index in [9.17, 15) is 0 Å². The maximum Gasteiger partial charge on any atom is 0.119 e. The monoisotopic (exact) mass is 257 g/mol. The average molecular weight is 257 g/mol. The number of aryl methyl sites for hydroxylation is 2. The zero-order valence-corrected chi connectivity index (χ0v) is 11.5. The van der Waals surface area contributed by atoms with E-state index in [1.54, 1.807) is 7.11 Å². The molecule has 4 nitrogen and oxygen atoms in total. The number of hydrogen-bond donors (Lipinski definition) is 2. The first kappa shape index (κ1) is 13.5. The van der Waals surface area contributed by atoms with Crippen molar-refractivity contribution in [3.8, 4) is 5.75 Å². The summed E-state index contributed by atoms with van der Waals surface area (Å²) in [5.41, 5.74) is 7.13. The standard InChI is InChI=1S/C15H19N3O/c1-10-8-13(19-3)6-7-14(10)15(18-16)12-5-4-11(2)17-9-12/h4-9,15,18H,16H2,1-3H3. The molecule has 0 fully saturated rings. The molecule has 4 heteroatoms. The lowest BCUT2D eigenvalue weighted by molar-refractivity contribution is 0.414. The van der Waals surface area contributed by atoms with Gasteiger partial charge in [-0.15, -0.1) is 0 Å². The molecule has 3 N–H and O–H groups in total. The van der Waals surface area contributed by atoms with Crippen LogP contribution < -0.4 is 16.0 Å². The Kier molecular flexibility index (Phi) is 4.14. The fraction of sp³-hybridized carbons (Fsp3) is 0.267. The van der Waals surface area contributed by atoms with Gasteiger partial charge in [-0.3, -0.25) is 10.8 Å². The summed E-state index contributed by atoms with van der Waals surface area (Å²) in [6.07, 6.45) is 1.85. The summed E-state index contributed by atoms with van der Waals surface area (Å²) in [5, 5.41) is 0. The number of nitrogens with one attached hydrogen (secondary N) is 1. The minimum absolute atomic E-state index is 0.0704. The molecule has 0 aliphatic carbocycles. The van der Waals surface area contributed by atoms with E-state index < -0.39 is 0 Å². The fourth-order valence-corrected chi connectivity index (χ4v) is 2.11. The van der Waals surface area contributed by atoms with Crippen LogP contribution in [0.1, 0.15) is 28.4 Å². The number of benzene rings is 1. The molecule has 1 atom stereocenters. The normalized spacial score (nSPS) is 12.2. The van der Waals surface area contributed by atoms with Crippen LogP contribution >= 0.6 is 0 Å². The minimum atomic E-state index is -0.0704. The van der Waals surface area contributed by atoms with E-state index in [0.717, 1.165) is 28.1 Å². The molecule has 0 aliphatic heterocycles. The summed E-state index contributed by atoms with van der Waals surface area (Å²) in [4.78, 5) is 4.32. The number of pyridine rings is 1. The molecule has 19 heavy (non-hydrogen) atoms. The lowest BCUT2D eigenvalue weighted by Crippen LogP contribution is -2.29. The summed E-state index contributed by atoms with van der Waals surface area (Å²) < 4.78 is 5.22. The van der Waals surface area contributed by atoms with E-state index in [1.807, 2.05) is 50.4 Å². The maximum absolute atomic E-state index is 5.71. The van der Waals surface area contributed by atoms with E-state index in [0.29, 0.717) is 0 Å². The number of ether oxygens (including phenoxy) is 1. The van der Waals surface area contributed by atoms with Crippen molar-refractivity contribution in [1.82, 2.24) is 10.4 Å². The van der Waals surface area contributed by atoms with Crippen molar-refractivity contribution >= 4 is 0 Å². The zero-order valence-electron chi connectivity index (χ0n) is 11.5. The highest BCUT2D eigenvalue weighted by molar-refractivity contribution is 5.40. The van der Waals surface area contributed by atoms with Gasteiger partial charge >= 0.3 is 0 Å². The van der Waals surface area contributed by atoms with Crippen molar-refractivity contribution in [2.24, 2.45) is 5.84 Å². The molecule has 0 radical (unpaired) electrons. The van der Waals surface area contributed by atoms with Crippen LogP contribution in [0.2, 0.25) is 0 Å². The smallest absolute Gasteiger partial charge is 0.119 e. The third-order valence-electron chi connectivity index (χ3n) is 3.22. The second-order valence-corrected chi connectivity index (χ2v) is 4.56. The lowest BCUT2D eigenvalue weighted by atomic mass is 9.96. The number of aromatic nitrogens is 1. The van der Waals surface area contributed by atoms with Crippen molar-refractivity contribution in [1.29, 1.82) is 0 Å². The van der Waals surface area contributed by atoms with Gasteiger partial charge in [0.1, 0.15) is 5.75 Å².